The highest BCUT2D eigenvalue weighted by Gasteiger charge is 2.31. The average molecular weight is 405 g/mol. The summed E-state index contributed by atoms with van der Waals surface area (Å²) in [5.74, 6) is -0.982. The van der Waals surface area contributed by atoms with Gasteiger partial charge in [-0.2, -0.15) is 0 Å². The molecule has 1 atom stereocenters. The maximum Gasteiger partial charge on any atom is 0.306 e. The van der Waals surface area contributed by atoms with E-state index in [0.29, 0.717) is 36.0 Å². The zero-order valence-corrected chi connectivity index (χ0v) is 15.8. The normalized spacial score (nSPS) is 17.8. The Balaban J connectivity index is 1.93. The largest absolute Gasteiger partial charge is 0.481 e. The van der Waals surface area contributed by atoms with E-state index in [-0.39, 0.29) is 12.0 Å². The number of carboxylic acids is 1. The molecule has 0 amide bonds. The molecule has 0 saturated carbocycles. The van der Waals surface area contributed by atoms with E-state index < -0.39 is 5.97 Å². The van der Waals surface area contributed by atoms with E-state index in [1.54, 1.807) is 6.07 Å². The first-order valence-electron chi connectivity index (χ1n) is 7.62. The second kappa shape index (κ2) is 7.63. The van der Waals surface area contributed by atoms with Crippen LogP contribution in [0.2, 0.25) is 14.4 Å². The number of benzene rings is 1. The van der Waals surface area contributed by atoms with Crippen molar-refractivity contribution in [3.8, 4) is 0 Å². The molecule has 1 aliphatic rings. The topological polar surface area (TPSA) is 40.5 Å². The first-order chi connectivity index (χ1) is 11.5. The molecular weight excluding hydrogens is 389 g/mol. The number of thiophene rings is 1. The van der Waals surface area contributed by atoms with Crippen LogP contribution in [-0.4, -0.2) is 29.1 Å². The number of aliphatic carboxylic acids is 1. The molecule has 2 heterocycles. The van der Waals surface area contributed by atoms with Gasteiger partial charge in [-0.15, -0.1) is 11.3 Å². The molecule has 3 nitrogen and oxygen atoms in total. The lowest BCUT2D eigenvalue weighted by Crippen LogP contribution is -2.39. The van der Waals surface area contributed by atoms with Crippen LogP contribution in [-0.2, 0) is 4.79 Å². The number of piperidine rings is 1. The fourth-order valence-electron chi connectivity index (χ4n) is 3.13. The van der Waals surface area contributed by atoms with Crippen LogP contribution in [0.1, 0.15) is 29.3 Å². The van der Waals surface area contributed by atoms with Crippen LogP contribution in [0, 0.1) is 5.92 Å². The van der Waals surface area contributed by atoms with Gasteiger partial charge in [-0.3, -0.25) is 9.69 Å². The summed E-state index contributed by atoms with van der Waals surface area (Å²) in [5, 5.41) is 10.4. The Morgan fingerprint density at radius 1 is 1.17 bits per heavy atom. The number of nitrogens with zero attached hydrogens (tertiary/aromatic N) is 1. The van der Waals surface area contributed by atoms with Gasteiger partial charge in [-0.1, -0.05) is 40.9 Å². The number of halogens is 3. The summed E-state index contributed by atoms with van der Waals surface area (Å²) < 4.78 is 0.723. The molecule has 1 saturated heterocycles. The molecule has 128 valence electrons. The van der Waals surface area contributed by atoms with E-state index in [0.717, 1.165) is 14.8 Å². The molecule has 0 radical (unpaired) electrons. The summed E-state index contributed by atoms with van der Waals surface area (Å²) in [5.41, 5.74) is 0.966. The molecule has 1 aliphatic heterocycles. The highest BCUT2D eigenvalue weighted by molar-refractivity contribution is 7.16. The fourth-order valence-corrected chi connectivity index (χ4v) is 4.86. The van der Waals surface area contributed by atoms with Crippen molar-refractivity contribution in [3.05, 3.63) is 55.2 Å². The number of likely N-dealkylation sites (tertiary alicyclic amines) is 1. The van der Waals surface area contributed by atoms with E-state index in [1.165, 1.54) is 11.3 Å². The van der Waals surface area contributed by atoms with Gasteiger partial charge in [0.15, 0.2) is 0 Å². The minimum atomic E-state index is -0.713. The van der Waals surface area contributed by atoms with Gasteiger partial charge in [0.05, 0.1) is 16.3 Å². The van der Waals surface area contributed by atoms with Crippen molar-refractivity contribution in [2.24, 2.45) is 5.92 Å². The SMILES string of the molecule is O=C(O)C1CCN(C(c2ccc(Cl)s2)c2ccc(Cl)cc2Cl)CC1. The second-order valence-corrected chi connectivity index (χ2v) is 8.45. The van der Waals surface area contributed by atoms with Gasteiger partial charge in [-0.25, -0.2) is 0 Å². The van der Waals surface area contributed by atoms with Crippen molar-refractivity contribution >= 4 is 52.1 Å². The lowest BCUT2D eigenvalue weighted by atomic mass is 9.94. The number of hydrogen-bond acceptors (Lipinski definition) is 3. The number of hydrogen-bond donors (Lipinski definition) is 1. The van der Waals surface area contributed by atoms with Gasteiger partial charge in [0.2, 0.25) is 0 Å². The van der Waals surface area contributed by atoms with Crippen LogP contribution in [0.25, 0.3) is 0 Å². The molecule has 0 aliphatic carbocycles. The zero-order chi connectivity index (χ0) is 17.3. The lowest BCUT2D eigenvalue weighted by Gasteiger charge is -2.36. The molecule has 1 unspecified atom stereocenters. The van der Waals surface area contributed by atoms with Crippen LogP contribution in [0.15, 0.2) is 30.3 Å². The third-order valence-corrected chi connectivity index (χ3v) is 6.21. The molecule has 1 aromatic carbocycles. The van der Waals surface area contributed by atoms with E-state index >= 15 is 0 Å². The van der Waals surface area contributed by atoms with Crippen LogP contribution in [0.3, 0.4) is 0 Å². The van der Waals surface area contributed by atoms with E-state index in [1.807, 2.05) is 24.3 Å². The van der Waals surface area contributed by atoms with Crippen LogP contribution >= 0.6 is 46.1 Å². The summed E-state index contributed by atoms with van der Waals surface area (Å²) in [4.78, 5) is 14.6. The summed E-state index contributed by atoms with van der Waals surface area (Å²) >= 11 is 20.1. The summed E-state index contributed by atoms with van der Waals surface area (Å²) in [7, 11) is 0. The van der Waals surface area contributed by atoms with Gasteiger partial charge >= 0.3 is 5.97 Å². The smallest absolute Gasteiger partial charge is 0.306 e. The first-order valence-corrected chi connectivity index (χ1v) is 9.58. The standard InChI is InChI=1S/C17H16Cl3NO2S/c18-11-1-2-12(13(19)9-11)16(14-3-4-15(20)24-14)21-7-5-10(6-8-21)17(22)23/h1-4,9-10,16H,5-8H2,(H,22,23). The summed E-state index contributed by atoms with van der Waals surface area (Å²) in [6.07, 6.45) is 1.27. The molecule has 1 aromatic heterocycles. The Bertz CT molecular complexity index is 741. The van der Waals surface area contributed by atoms with Crippen molar-refractivity contribution in [3.63, 3.8) is 0 Å². The molecule has 3 rings (SSSR count). The molecule has 1 fully saturated rings. The molecule has 24 heavy (non-hydrogen) atoms. The second-order valence-electron chi connectivity index (χ2n) is 5.86. The number of carboxylic acid groups (broad SMARTS) is 1. The minimum Gasteiger partial charge on any atom is -0.481 e. The van der Waals surface area contributed by atoms with Crippen molar-refractivity contribution < 1.29 is 9.90 Å². The average Bonchev–Trinajstić information content (AvgIpc) is 2.96. The zero-order valence-electron chi connectivity index (χ0n) is 12.7. The molecule has 0 bridgehead atoms. The van der Waals surface area contributed by atoms with Crippen molar-refractivity contribution in [1.29, 1.82) is 0 Å². The molecular formula is C17H16Cl3NO2S. The van der Waals surface area contributed by atoms with Crippen molar-refractivity contribution in [2.45, 2.75) is 18.9 Å². The lowest BCUT2D eigenvalue weighted by molar-refractivity contribution is -0.143. The third-order valence-electron chi connectivity index (χ3n) is 4.36. The highest BCUT2D eigenvalue weighted by atomic mass is 35.5. The number of rotatable bonds is 4. The Morgan fingerprint density at radius 2 is 1.88 bits per heavy atom. The van der Waals surface area contributed by atoms with E-state index in [2.05, 4.69) is 4.90 Å². The van der Waals surface area contributed by atoms with Crippen LogP contribution in [0.4, 0.5) is 0 Å². The first kappa shape index (κ1) is 18.0. The Morgan fingerprint density at radius 3 is 2.42 bits per heavy atom. The van der Waals surface area contributed by atoms with Gasteiger partial charge in [0.1, 0.15) is 0 Å². The van der Waals surface area contributed by atoms with Gasteiger partial charge < -0.3 is 5.11 Å². The van der Waals surface area contributed by atoms with Gasteiger partial charge in [0, 0.05) is 14.9 Å². The molecule has 0 spiro atoms. The Kier molecular flexibility index (Phi) is 5.73. The Labute approximate surface area is 159 Å². The number of carbonyl (C=O) groups is 1. The maximum absolute atomic E-state index is 11.2. The molecule has 2 aromatic rings. The predicted octanol–water partition coefficient (Wildman–Crippen LogP) is 5.59. The van der Waals surface area contributed by atoms with E-state index in [4.69, 9.17) is 34.8 Å². The predicted molar refractivity (Wildman–Crippen MR) is 99.6 cm³/mol. The van der Waals surface area contributed by atoms with E-state index in [9.17, 15) is 9.90 Å². The summed E-state index contributed by atoms with van der Waals surface area (Å²) in [6, 6.07) is 9.35. The van der Waals surface area contributed by atoms with Crippen LogP contribution < -0.4 is 0 Å². The van der Waals surface area contributed by atoms with Crippen LogP contribution in [0.5, 0.6) is 0 Å². The monoisotopic (exact) mass is 403 g/mol. The third kappa shape index (κ3) is 3.89. The molecule has 1 N–H and O–H groups in total. The quantitative estimate of drug-likeness (QED) is 0.721. The fraction of sp³-hybridized carbons (Fsp3) is 0.353. The van der Waals surface area contributed by atoms with Crippen molar-refractivity contribution in [2.75, 3.05) is 13.1 Å². The van der Waals surface area contributed by atoms with Crippen molar-refractivity contribution in [1.82, 2.24) is 4.90 Å². The maximum atomic E-state index is 11.2. The Hall–Kier alpha value is -0.780. The van der Waals surface area contributed by atoms with Gasteiger partial charge in [0.25, 0.3) is 0 Å². The summed E-state index contributed by atoms with van der Waals surface area (Å²) in [6.45, 7) is 1.41. The highest BCUT2D eigenvalue weighted by Crippen LogP contribution is 2.40. The van der Waals surface area contributed by atoms with Gasteiger partial charge in [-0.05, 0) is 55.8 Å². The minimum absolute atomic E-state index is 0.0398. The molecule has 7 heteroatoms.